The van der Waals surface area contributed by atoms with Gasteiger partial charge in [-0.3, -0.25) is 9.59 Å². The van der Waals surface area contributed by atoms with Crippen molar-refractivity contribution in [1.29, 1.82) is 0 Å². The van der Waals surface area contributed by atoms with E-state index in [4.69, 9.17) is 0 Å². The highest BCUT2D eigenvalue weighted by Crippen LogP contribution is 2.15. The molecule has 138 valence electrons. The summed E-state index contributed by atoms with van der Waals surface area (Å²) in [5.41, 5.74) is 3.30. The number of carbonyl (C=O) groups excluding carboxylic acids is 1. The fraction of sp³-hybridized carbons (Fsp3) is 0.364. The van der Waals surface area contributed by atoms with E-state index < -0.39 is 0 Å². The molecule has 0 aliphatic heterocycles. The molecule has 1 N–H and O–H groups in total. The number of unbranched alkanes of at least 4 members (excludes halogenated alkanes) is 1. The number of benzene rings is 1. The van der Waals surface area contributed by atoms with Gasteiger partial charge in [-0.15, -0.1) is 0 Å². The maximum atomic E-state index is 11.9. The van der Waals surface area contributed by atoms with E-state index in [1.165, 1.54) is 5.56 Å². The van der Waals surface area contributed by atoms with E-state index in [1.54, 1.807) is 22.8 Å². The molecule has 26 heavy (non-hydrogen) atoms. The highest BCUT2D eigenvalue weighted by Gasteiger charge is 2.00. The lowest BCUT2D eigenvalue weighted by Crippen LogP contribution is -2.24. The molecule has 2 aromatic rings. The fourth-order valence-corrected chi connectivity index (χ4v) is 2.74. The second-order valence-corrected chi connectivity index (χ2v) is 6.81. The van der Waals surface area contributed by atoms with E-state index >= 15 is 0 Å². The third kappa shape index (κ3) is 6.03. The van der Waals surface area contributed by atoms with Gasteiger partial charge in [-0.1, -0.05) is 44.2 Å². The van der Waals surface area contributed by atoms with Crippen molar-refractivity contribution >= 4 is 12.0 Å². The Balaban J connectivity index is 1.71. The summed E-state index contributed by atoms with van der Waals surface area (Å²) in [6, 6.07) is 13.5. The zero-order chi connectivity index (χ0) is 18.9. The highest BCUT2D eigenvalue weighted by molar-refractivity contribution is 5.91. The van der Waals surface area contributed by atoms with Crippen LogP contribution in [0.15, 0.2) is 53.3 Å². The summed E-state index contributed by atoms with van der Waals surface area (Å²) in [4.78, 5) is 23.7. The lowest BCUT2D eigenvalue weighted by atomic mass is 10.0. The molecule has 1 aromatic heterocycles. The first-order valence-corrected chi connectivity index (χ1v) is 9.19. The van der Waals surface area contributed by atoms with Gasteiger partial charge in [0, 0.05) is 30.9 Å². The molecular formula is C22H28N2O2. The van der Waals surface area contributed by atoms with Crippen molar-refractivity contribution in [3.8, 4) is 0 Å². The molecular weight excluding hydrogens is 324 g/mol. The summed E-state index contributed by atoms with van der Waals surface area (Å²) in [7, 11) is 0. The first-order valence-electron chi connectivity index (χ1n) is 9.19. The van der Waals surface area contributed by atoms with Crippen LogP contribution in [-0.4, -0.2) is 17.0 Å². The molecule has 0 saturated heterocycles. The Morgan fingerprint density at radius 3 is 2.50 bits per heavy atom. The SMILES string of the molecule is Cc1cccc(=O)n1CCCCNC(=O)/C=C/c1ccc(C(C)C)cc1. The minimum Gasteiger partial charge on any atom is -0.353 e. The van der Waals surface area contributed by atoms with Gasteiger partial charge >= 0.3 is 0 Å². The number of amides is 1. The lowest BCUT2D eigenvalue weighted by molar-refractivity contribution is -0.116. The molecule has 1 heterocycles. The first kappa shape index (κ1) is 19.7. The van der Waals surface area contributed by atoms with Crippen LogP contribution < -0.4 is 10.9 Å². The second kappa shape index (κ2) is 9.76. The molecule has 1 aromatic carbocycles. The van der Waals surface area contributed by atoms with Crippen LogP contribution in [0.25, 0.3) is 6.08 Å². The summed E-state index contributed by atoms with van der Waals surface area (Å²) in [6.45, 7) is 7.54. The van der Waals surface area contributed by atoms with Crippen LogP contribution in [0.4, 0.5) is 0 Å². The average Bonchev–Trinajstić information content (AvgIpc) is 2.62. The second-order valence-electron chi connectivity index (χ2n) is 6.81. The predicted molar refractivity (Wildman–Crippen MR) is 107 cm³/mol. The number of rotatable bonds is 8. The third-order valence-electron chi connectivity index (χ3n) is 4.41. The molecule has 0 bridgehead atoms. The van der Waals surface area contributed by atoms with Crippen LogP contribution in [0, 0.1) is 6.92 Å². The van der Waals surface area contributed by atoms with E-state index in [1.807, 2.05) is 31.2 Å². The lowest BCUT2D eigenvalue weighted by Gasteiger charge is -2.09. The van der Waals surface area contributed by atoms with Gasteiger partial charge in [0.25, 0.3) is 5.56 Å². The Morgan fingerprint density at radius 2 is 1.85 bits per heavy atom. The molecule has 0 unspecified atom stereocenters. The van der Waals surface area contributed by atoms with E-state index in [9.17, 15) is 9.59 Å². The van der Waals surface area contributed by atoms with Crippen LogP contribution in [0.5, 0.6) is 0 Å². The largest absolute Gasteiger partial charge is 0.353 e. The zero-order valence-corrected chi connectivity index (χ0v) is 15.9. The van der Waals surface area contributed by atoms with Crippen molar-refractivity contribution in [2.75, 3.05) is 6.54 Å². The van der Waals surface area contributed by atoms with Gasteiger partial charge in [0.1, 0.15) is 0 Å². The number of carbonyl (C=O) groups is 1. The number of nitrogens with zero attached hydrogens (tertiary/aromatic N) is 1. The van der Waals surface area contributed by atoms with E-state index in [0.29, 0.717) is 19.0 Å². The van der Waals surface area contributed by atoms with Crippen LogP contribution in [0.3, 0.4) is 0 Å². The van der Waals surface area contributed by atoms with Crippen molar-refractivity contribution in [2.45, 2.75) is 46.1 Å². The predicted octanol–water partition coefficient (Wildman–Crippen LogP) is 3.89. The van der Waals surface area contributed by atoms with Gasteiger partial charge in [-0.2, -0.15) is 0 Å². The standard InChI is InChI=1S/C22H28N2O2/c1-17(2)20-12-9-19(10-13-20)11-14-21(25)23-15-4-5-16-24-18(3)7-6-8-22(24)26/h6-14,17H,4-5,15-16H2,1-3H3,(H,23,25)/b14-11+. The first-order chi connectivity index (χ1) is 12.5. The minimum absolute atomic E-state index is 0.0282. The quantitative estimate of drug-likeness (QED) is 0.579. The summed E-state index contributed by atoms with van der Waals surface area (Å²) < 4.78 is 1.77. The van der Waals surface area contributed by atoms with Gasteiger partial charge in [-0.25, -0.2) is 0 Å². The van der Waals surface area contributed by atoms with Gasteiger partial charge < -0.3 is 9.88 Å². The Kier molecular flexibility index (Phi) is 7.39. The smallest absolute Gasteiger partial charge is 0.250 e. The van der Waals surface area contributed by atoms with Crippen LogP contribution in [-0.2, 0) is 11.3 Å². The van der Waals surface area contributed by atoms with Gasteiger partial charge in [0.05, 0.1) is 0 Å². The molecule has 0 saturated carbocycles. The molecule has 0 aliphatic carbocycles. The summed E-state index contributed by atoms with van der Waals surface area (Å²) in [5, 5.41) is 2.88. The molecule has 1 amide bonds. The van der Waals surface area contributed by atoms with E-state index in [0.717, 1.165) is 24.1 Å². The maximum absolute atomic E-state index is 11.9. The van der Waals surface area contributed by atoms with E-state index in [-0.39, 0.29) is 11.5 Å². The van der Waals surface area contributed by atoms with Crippen LogP contribution >= 0.6 is 0 Å². The minimum atomic E-state index is -0.0917. The average molecular weight is 352 g/mol. The Hall–Kier alpha value is -2.62. The monoisotopic (exact) mass is 352 g/mol. The Morgan fingerprint density at radius 1 is 1.12 bits per heavy atom. The number of aryl methyl sites for hydroxylation is 1. The van der Waals surface area contributed by atoms with Crippen molar-refractivity contribution < 1.29 is 4.79 Å². The molecule has 0 atom stereocenters. The topological polar surface area (TPSA) is 51.1 Å². The Bertz CT molecular complexity index is 802. The fourth-order valence-electron chi connectivity index (χ4n) is 2.74. The molecule has 0 fully saturated rings. The van der Waals surface area contributed by atoms with Crippen molar-refractivity contribution in [3.63, 3.8) is 0 Å². The molecule has 0 spiro atoms. The third-order valence-corrected chi connectivity index (χ3v) is 4.41. The summed E-state index contributed by atoms with van der Waals surface area (Å²) >= 11 is 0. The van der Waals surface area contributed by atoms with Crippen molar-refractivity contribution in [2.24, 2.45) is 0 Å². The van der Waals surface area contributed by atoms with Gasteiger partial charge in [0.15, 0.2) is 0 Å². The van der Waals surface area contributed by atoms with Crippen molar-refractivity contribution in [1.82, 2.24) is 9.88 Å². The highest BCUT2D eigenvalue weighted by atomic mass is 16.1. The maximum Gasteiger partial charge on any atom is 0.250 e. The number of pyridine rings is 1. The number of hydrogen-bond acceptors (Lipinski definition) is 2. The summed E-state index contributed by atoms with van der Waals surface area (Å²) in [5.74, 6) is 0.415. The molecule has 0 aliphatic rings. The molecule has 2 rings (SSSR count). The van der Waals surface area contributed by atoms with Crippen LogP contribution in [0.1, 0.15) is 49.4 Å². The van der Waals surface area contributed by atoms with Gasteiger partial charge in [-0.05, 0) is 49.0 Å². The number of nitrogens with one attached hydrogen (secondary N) is 1. The molecule has 0 radical (unpaired) electrons. The molecule has 4 nitrogen and oxygen atoms in total. The normalized spacial score (nSPS) is 11.2. The number of aromatic nitrogens is 1. The van der Waals surface area contributed by atoms with Gasteiger partial charge in [0.2, 0.25) is 5.91 Å². The zero-order valence-electron chi connectivity index (χ0n) is 15.9. The van der Waals surface area contributed by atoms with E-state index in [2.05, 4.69) is 31.3 Å². The number of hydrogen-bond donors (Lipinski definition) is 1. The van der Waals surface area contributed by atoms with Crippen LogP contribution in [0.2, 0.25) is 0 Å². The Labute approximate surface area is 155 Å². The summed E-state index contributed by atoms with van der Waals surface area (Å²) in [6.07, 6.45) is 5.08. The molecule has 4 heteroatoms. The van der Waals surface area contributed by atoms with Crippen molar-refractivity contribution in [3.05, 3.63) is 75.7 Å².